The Labute approximate surface area is 698 Å². The molecule has 8 atom stereocenters. The molecule has 1 aliphatic rings. The average molecular weight is 1710 g/mol. The molecule has 1 aliphatic heterocycles. The van der Waals surface area contributed by atoms with Crippen LogP contribution in [0.3, 0.4) is 0 Å². The molecule has 0 unspecified atom stereocenters. The number of esters is 3. The van der Waals surface area contributed by atoms with Crippen LogP contribution in [0.1, 0.15) is 298 Å². The first-order chi connectivity index (χ1) is 53.8. The van der Waals surface area contributed by atoms with E-state index in [1.54, 1.807) is 36.4 Å². The molecule has 1 N–H and O–H groups in total. The van der Waals surface area contributed by atoms with Gasteiger partial charge in [-0.25, -0.2) is 14.2 Å². The number of Topliss-reactive ketones (excluding diaryl/α,β-unsaturated/α-hetero) is 1. The van der Waals surface area contributed by atoms with Gasteiger partial charge in [0.15, 0.2) is 18.0 Å². The van der Waals surface area contributed by atoms with E-state index in [1.165, 1.54) is 76.6 Å². The number of hydrogen-bond acceptors (Lipinski definition) is 19. The number of nitrogens with one attached hydrogen (secondary N) is 1. The van der Waals surface area contributed by atoms with E-state index in [0.29, 0.717) is 25.7 Å². The lowest BCUT2D eigenvalue weighted by Gasteiger charge is -2.45. The van der Waals surface area contributed by atoms with E-state index in [2.05, 4.69) is 33.0 Å². The number of rotatable bonds is 63. The monoisotopic (exact) mass is 1710 g/mol. The summed E-state index contributed by atoms with van der Waals surface area (Å²) >= 11 is 37.3. The number of halogens is 6. The number of alkyl halides is 6. The van der Waals surface area contributed by atoms with Gasteiger partial charge in [-0.15, -0.1) is 0 Å². The van der Waals surface area contributed by atoms with Crippen molar-refractivity contribution in [3.05, 3.63) is 96.6 Å². The lowest BCUT2D eigenvalue weighted by molar-refractivity contribution is -0.271. The maximum atomic E-state index is 15.9. The van der Waals surface area contributed by atoms with Gasteiger partial charge in [0.1, 0.15) is 61.0 Å². The van der Waals surface area contributed by atoms with Crippen molar-refractivity contribution in [2.45, 2.75) is 355 Å². The lowest BCUT2D eigenvalue weighted by Crippen LogP contribution is -2.66. The molecule has 1 heterocycles. The van der Waals surface area contributed by atoms with Crippen LogP contribution in [-0.4, -0.2) is 118 Å². The number of alkyl carbamates (subject to hydrolysis) is 1. The fourth-order valence-corrected chi connectivity index (χ4v) is 14.6. The highest BCUT2D eigenvalue weighted by Crippen LogP contribution is 2.53. The van der Waals surface area contributed by atoms with Crippen molar-refractivity contribution < 1.29 is 89.5 Å². The first kappa shape index (κ1) is 100. The Hall–Kier alpha value is -4.31. The molecule has 0 spiro atoms. The van der Waals surface area contributed by atoms with Gasteiger partial charge in [0.05, 0.1) is 26.2 Å². The minimum Gasteiger partial charge on any atom is -0.462 e. The molecule has 0 aliphatic carbocycles. The highest BCUT2D eigenvalue weighted by atomic mass is 35.6. The first-order valence-electron chi connectivity index (χ1n) is 41.5. The fraction of sp³-hybridized carbons (Fsp3) is 0.718. The maximum Gasteiger partial charge on any atom is 0.588 e. The van der Waals surface area contributed by atoms with Crippen molar-refractivity contribution in [2.24, 2.45) is 5.92 Å². The number of phosphoric ester groups is 1. The van der Waals surface area contributed by atoms with Gasteiger partial charge in [-0.1, -0.05) is 344 Å². The number of ether oxygens (including phenoxy) is 9. The quantitative estimate of drug-likeness (QED) is 0.0181. The number of hydrogen-bond donors (Lipinski definition) is 1. The highest BCUT2D eigenvalue weighted by molar-refractivity contribution is 7.49. The standard InChI is InChI=1S/C85H130Cl6NO19P/c1-7-11-15-19-23-25-29-31-40-54-70(104-74(94)56-46-33-27-21-17-13-9-3)60-72(93)67(63-100-62-66-48-38-35-39-49-66)58-59-101-80-77(92-81(97)103-65-84(86,87)88)79(107-76(96)61-71(55-41-32-30-26-24-20-16-12-8-2)105-75(95)57-47-34-28-22-18-14-10-4)78(73(106-80)64-102-82(98)108-83(5,6)85(89,90)91)111-112(99,109-68-50-42-36-43-51-68)110-69-52-44-37-45-53-69/h35-39,42-45,48-53,67,70-71,73,77-80H,7-34,40-41,46-47,54-65H2,1-6H3,(H,92,97)/t67-,70+,71+,73+,77-,78+,79+,80-/m0/s1. The molecular formula is C85H130Cl6NO19P. The average Bonchev–Trinajstić information content (AvgIpc) is 0.769. The molecule has 1 amide bonds. The van der Waals surface area contributed by atoms with Gasteiger partial charge in [0.25, 0.3) is 0 Å². The largest absolute Gasteiger partial charge is 0.588 e. The van der Waals surface area contributed by atoms with Crippen LogP contribution in [0.4, 0.5) is 9.59 Å². The SMILES string of the molecule is CCCCCCCCCCC[C@H](CC(=O)O[C@@H]1[C@H](NC(=O)OCC(Cl)(Cl)Cl)[C@@H](OCC[C@@H](COCc2ccccc2)C(=O)C[C@@H](CCCCCCCCCCC)OC(=O)CCCCCCCCC)O[C@H](COC(=O)OC(C)(C)C(Cl)(Cl)Cl)[C@H]1OP(=O)(Oc1ccccc1)Oc1ccccc1)OC(=O)CCCCCCCCC. The Morgan fingerprint density at radius 1 is 0.509 bits per heavy atom. The van der Waals surface area contributed by atoms with E-state index in [9.17, 15) is 19.2 Å². The number of ketones is 1. The number of unbranched alkanes of at least 4 members (excludes halogenated alkanes) is 28. The van der Waals surface area contributed by atoms with Gasteiger partial charge < -0.3 is 57.0 Å². The van der Waals surface area contributed by atoms with Crippen LogP contribution in [0.5, 0.6) is 11.5 Å². The van der Waals surface area contributed by atoms with Crippen LogP contribution in [-0.2, 0) is 77.5 Å². The van der Waals surface area contributed by atoms with Gasteiger partial charge in [0.2, 0.25) is 7.59 Å². The van der Waals surface area contributed by atoms with Crippen LogP contribution >= 0.6 is 77.4 Å². The summed E-state index contributed by atoms with van der Waals surface area (Å²) in [4.78, 5) is 86.6. The van der Waals surface area contributed by atoms with Crippen molar-refractivity contribution in [3.8, 4) is 11.5 Å². The van der Waals surface area contributed by atoms with Crippen molar-refractivity contribution in [2.75, 3.05) is 26.4 Å². The van der Waals surface area contributed by atoms with Crippen molar-refractivity contribution in [3.63, 3.8) is 0 Å². The molecule has 4 rings (SSSR count). The lowest BCUT2D eigenvalue weighted by atomic mass is 9.94. The Balaban J connectivity index is 1.90. The predicted octanol–water partition coefficient (Wildman–Crippen LogP) is 24.6. The number of carbonyl (C=O) groups is 6. The Bertz CT molecular complexity index is 3020. The van der Waals surface area contributed by atoms with Crippen molar-refractivity contribution in [1.82, 2.24) is 5.32 Å². The van der Waals surface area contributed by atoms with E-state index in [0.717, 1.165) is 153 Å². The zero-order valence-corrected chi connectivity index (χ0v) is 72.8. The van der Waals surface area contributed by atoms with E-state index in [4.69, 9.17) is 126 Å². The molecule has 1 saturated heterocycles. The van der Waals surface area contributed by atoms with E-state index < -0.39 is 114 Å². The van der Waals surface area contributed by atoms with Crippen molar-refractivity contribution >= 4 is 113 Å². The number of carbonyl (C=O) groups excluding carboxylic acids is 6. The maximum absolute atomic E-state index is 15.9. The molecule has 112 heavy (non-hydrogen) atoms. The summed E-state index contributed by atoms with van der Waals surface area (Å²) in [6, 6.07) is 23.3. The molecule has 0 saturated carbocycles. The van der Waals surface area contributed by atoms with E-state index in [1.807, 2.05) is 30.3 Å². The second-order valence-corrected chi connectivity index (χ2v) is 36.1. The van der Waals surface area contributed by atoms with E-state index >= 15 is 14.2 Å². The highest BCUT2D eigenvalue weighted by Gasteiger charge is 2.55. The first-order valence-corrected chi connectivity index (χ1v) is 45.2. The van der Waals surface area contributed by atoms with Gasteiger partial charge in [0, 0.05) is 25.2 Å². The van der Waals surface area contributed by atoms with Gasteiger partial charge in [-0.05, 0) is 88.6 Å². The van der Waals surface area contributed by atoms with Crippen LogP contribution in [0.2, 0.25) is 0 Å². The summed E-state index contributed by atoms with van der Waals surface area (Å²) in [6.45, 7) is 9.25. The van der Waals surface area contributed by atoms with E-state index in [-0.39, 0.29) is 75.2 Å². The zero-order valence-electron chi connectivity index (χ0n) is 67.4. The molecule has 3 aromatic rings. The molecule has 0 aromatic heterocycles. The number of phosphoric acid groups is 1. The molecule has 1 fully saturated rings. The topological polar surface area (TPSA) is 242 Å². The molecule has 3 aromatic carbocycles. The molecule has 20 nitrogen and oxygen atoms in total. The molecule has 636 valence electrons. The summed E-state index contributed by atoms with van der Waals surface area (Å²) in [5.74, 6) is -3.14. The van der Waals surface area contributed by atoms with Gasteiger partial charge in [-0.3, -0.25) is 23.7 Å². The third kappa shape index (κ3) is 45.4. The molecule has 0 bridgehead atoms. The number of para-hydroxylation sites is 2. The third-order valence-electron chi connectivity index (χ3n) is 19.4. The van der Waals surface area contributed by atoms with Gasteiger partial charge in [-0.2, -0.15) is 0 Å². The second kappa shape index (κ2) is 58.5. The Kier molecular flexibility index (Phi) is 52.3. The fourth-order valence-electron chi connectivity index (χ4n) is 12.9. The minimum absolute atomic E-state index is 0.0190. The minimum atomic E-state index is -5.18. The smallest absolute Gasteiger partial charge is 0.462 e. The second-order valence-electron chi connectivity index (χ2n) is 29.8. The summed E-state index contributed by atoms with van der Waals surface area (Å²) in [7, 11) is -5.18. The normalized spacial score (nSPS) is 16.8. The number of benzene rings is 3. The summed E-state index contributed by atoms with van der Waals surface area (Å²) in [5, 5.41) is 2.66. The zero-order chi connectivity index (χ0) is 81.7. The summed E-state index contributed by atoms with van der Waals surface area (Å²) in [5.41, 5.74) is -0.982. The predicted molar refractivity (Wildman–Crippen MR) is 444 cm³/mol. The van der Waals surface area contributed by atoms with Crippen LogP contribution in [0.15, 0.2) is 91.0 Å². The Morgan fingerprint density at radius 2 is 0.938 bits per heavy atom. The molecule has 0 radical (unpaired) electrons. The van der Waals surface area contributed by atoms with Crippen LogP contribution in [0.25, 0.3) is 0 Å². The summed E-state index contributed by atoms with van der Waals surface area (Å²) in [6.07, 6.45) is 20.6. The Morgan fingerprint density at radius 3 is 1.38 bits per heavy atom. The number of amides is 1. The van der Waals surface area contributed by atoms with Crippen molar-refractivity contribution in [1.29, 1.82) is 0 Å². The molecular weight excluding hydrogens is 1580 g/mol. The third-order valence-corrected chi connectivity index (χ3v) is 22.5. The van der Waals surface area contributed by atoms with Crippen LogP contribution < -0.4 is 14.4 Å². The summed E-state index contributed by atoms with van der Waals surface area (Å²) < 4.78 is 86.0. The van der Waals surface area contributed by atoms with Crippen LogP contribution in [0, 0.1) is 5.92 Å². The van der Waals surface area contributed by atoms with Gasteiger partial charge >= 0.3 is 38.0 Å². The molecule has 27 heteroatoms.